The largest absolute Gasteiger partial charge is 0.348 e. The van der Waals surface area contributed by atoms with Crippen LogP contribution in [0.25, 0.3) is 0 Å². The van der Waals surface area contributed by atoms with Crippen molar-refractivity contribution in [1.82, 2.24) is 15.3 Å². The number of halogens is 1. The molecule has 3 aromatic rings. The third kappa shape index (κ3) is 4.60. The van der Waals surface area contributed by atoms with Crippen LogP contribution in [0.15, 0.2) is 60.9 Å². The lowest BCUT2D eigenvalue weighted by molar-refractivity contribution is 0.0950. The van der Waals surface area contributed by atoms with E-state index in [0.717, 1.165) is 5.56 Å². The van der Waals surface area contributed by atoms with Crippen LogP contribution in [0.5, 0.6) is 0 Å². The van der Waals surface area contributed by atoms with Crippen molar-refractivity contribution in [3.63, 3.8) is 0 Å². The van der Waals surface area contributed by atoms with E-state index in [0.29, 0.717) is 23.7 Å². The van der Waals surface area contributed by atoms with Gasteiger partial charge in [0.15, 0.2) is 0 Å². The van der Waals surface area contributed by atoms with Gasteiger partial charge in [0.25, 0.3) is 5.91 Å². The molecule has 0 saturated carbocycles. The molecule has 5 nitrogen and oxygen atoms in total. The molecule has 0 saturated heterocycles. The lowest BCUT2D eigenvalue weighted by atomic mass is 10.1. The number of benzene rings is 2. The minimum absolute atomic E-state index is 0.252. The Morgan fingerprint density at radius 3 is 2.48 bits per heavy atom. The summed E-state index contributed by atoms with van der Waals surface area (Å²) in [5, 5.41) is 5.70. The first-order chi connectivity index (χ1) is 12.1. The maximum atomic E-state index is 13.2. The summed E-state index contributed by atoms with van der Waals surface area (Å²) in [6, 6.07) is 13.9. The van der Waals surface area contributed by atoms with Crippen LogP contribution < -0.4 is 10.6 Å². The summed E-state index contributed by atoms with van der Waals surface area (Å²) >= 11 is 0. The molecule has 0 aliphatic carbocycles. The Morgan fingerprint density at radius 1 is 1.08 bits per heavy atom. The van der Waals surface area contributed by atoms with Gasteiger partial charge in [-0.2, -0.15) is 0 Å². The van der Waals surface area contributed by atoms with Gasteiger partial charge in [-0.05, 0) is 30.7 Å². The highest BCUT2D eigenvalue weighted by Gasteiger charge is 2.07. The zero-order valence-corrected chi connectivity index (χ0v) is 13.7. The summed E-state index contributed by atoms with van der Waals surface area (Å²) in [5.41, 5.74) is 3.09. The number of amides is 1. The fourth-order valence-corrected chi connectivity index (χ4v) is 2.20. The number of aryl methyl sites for hydroxylation is 1. The second-order valence-corrected chi connectivity index (χ2v) is 5.60. The number of aromatic nitrogens is 2. The molecule has 2 N–H and O–H groups in total. The van der Waals surface area contributed by atoms with Crippen molar-refractivity contribution in [2.45, 2.75) is 13.5 Å². The molecule has 2 aromatic carbocycles. The molecular weight excluding hydrogens is 319 g/mol. The van der Waals surface area contributed by atoms with Gasteiger partial charge in [0.05, 0.1) is 5.56 Å². The SMILES string of the molecule is Cc1ccc(CNC(=O)c2cnc(Nc3cccc(F)c3)nc2)cc1. The van der Waals surface area contributed by atoms with Crippen LogP contribution in [0, 0.1) is 12.7 Å². The third-order valence-corrected chi connectivity index (χ3v) is 3.57. The minimum Gasteiger partial charge on any atom is -0.348 e. The van der Waals surface area contributed by atoms with Gasteiger partial charge >= 0.3 is 0 Å². The molecule has 0 aliphatic rings. The first-order valence-corrected chi connectivity index (χ1v) is 7.78. The predicted octanol–water partition coefficient (Wildman–Crippen LogP) is 3.60. The van der Waals surface area contributed by atoms with Crippen molar-refractivity contribution >= 4 is 17.5 Å². The number of carbonyl (C=O) groups is 1. The summed E-state index contributed by atoms with van der Waals surface area (Å²) < 4.78 is 13.2. The van der Waals surface area contributed by atoms with Gasteiger partial charge in [-0.1, -0.05) is 35.9 Å². The standard InChI is InChI=1S/C19H17FN4O/c1-13-5-7-14(8-6-13)10-21-18(25)15-11-22-19(23-12-15)24-17-4-2-3-16(20)9-17/h2-9,11-12H,10H2,1H3,(H,21,25)(H,22,23,24). The van der Waals surface area contributed by atoms with Crippen molar-refractivity contribution in [3.8, 4) is 0 Å². The molecule has 0 radical (unpaired) electrons. The van der Waals surface area contributed by atoms with Crippen molar-refractivity contribution in [3.05, 3.63) is 83.4 Å². The summed E-state index contributed by atoms with van der Waals surface area (Å²) in [7, 11) is 0. The second kappa shape index (κ2) is 7.53. The Balaban J connectivity index is 1.59. The Kier molecular flexibility index (Phi) is 4.99. The van der Waals surface area contributed by atoms with Gasteiger partial charge < -0.3 is 10.6 Å². The number of hydrogen-bond acceptors (Lipinski definition) is 4. The first-order valence-electron chi connectivity index (χ1n) is 7.78. The zero-order valence-electron chi connectivity index (χ0n) is 13.7. The predicted molar refractivity (Wildman–Crippen MR) is 94.1 cm³/mol. The Bertz CT molecular complexity index is 863. The van der Waals surface area contributed by atoms with E-state index < -0.39 is 0 Å². The van der Waals surface area contributed by atoms with E-state index in [1.165, 1.54) is 30.1 Å². The molecule has 1 aromatic heterocycles. The van der Waals surface area contributed by atoms with Crippen LogP contribution in [-0.2, 0) is 6.54 Å². The van der Waals surface area contributed by atoms with Crippen molar-refractivity contribution in [2.24, 2.45) is 0 Å². The number of nitrogens with one attached hydrogen (secondary N) is 2. The van der Waals surface area contributed by atoms with Gasteiger partial charge in [0.1, 0.15) is 5.82 Å². The van der Waals surface area contributed by atoms with E-state index >= 15 is 0 Å². The average Bonchev–Trinajstić information content (AvgIpc) is 2.62. The van der Waals surface area contributed by atoms with E-state index in [2.05, 4.69) is 20.6 Å². The molecule has 0 spiro atoms. The van der Waals surface area contributed by atoms with Crippen molar-refractivity contribution < 1.29 is 9.18 Å². The third-order valence-electron chi connectivity index (χ3n) is 3.57. The highest BCUT2D eigenvalue weighted by Crippen LogP contribution is 2.13. The maximum absolute atomic E-state index is 13.2. The van der Waals surface area contributed by atoms with Gasteiger partial charge in [0, 0.05) is 24.6 Å². The van der Waals surface area contributed by atoms with Crippen molar-refractivity contribution in [2.75, 3.05) is 5.32 Å². The highest BCUT2D eigenvalue weighted by atomic mass is 19.1. The second-order valence-electron chi connectivity index (χ2n) is 5.60. The molecule has 0 aliphatic heterocycles. The van der Waals surface area contributed by atoms with E-state index in [1.54, 1.807) is 12.1 Å². The number of rotatable bonds is 5. The van der Waals surface area contributed by atoms with E-state index in [4.69, 9.17) is 0 Å². The molecule has 0 fully saturated rings. The molecule has 6 heteroatoms. The quantitative estimate of drug-likeness (QED) is 0.747. The van der Waals surface area contributed by atoms with Crippen molar-refractivity contribution in [1.29, 1.82) is 0 Å². The Labute approximate surface area is 145 Å². The molecule has 0 unspecified atom stereocenters. The average molecular weight is 336 g/mol. The lowest BCUT2D eigenvalue weighted by Crippen LogP contribution is -2.23. The van der Waals surface area contributed by atoms with Gasteiger partial charge in [-0.3, -0.25) is 4.79 Å². The number of anilines is 2. The number of hydrogen-bond donors (Lipinski definition) is 2. The first kappa shape index (κ1) is 16.6. The molecule has 1 amide bonds. The number of carbonyl (C=O) groups excluding carboxylic acids is 1. The summed E-state index contributed by atoms with van der Waals surface area (Å²) in [5.74, 6) is -0.310. The fourth-order valence-electron chi connectivity index (χ4n) is 2.20. The van der Waals surface area contributed by atoms with Crippen LogP contribution in [0.4, 0.5) is 16.0 Å². The summed E-state index contributed by atoms with van der Waals surface area (Å²) in [4.78, 5) is 20.3. The van der Waals surface area contributed by atoms with Crippen LogP contribution in [0.3, 0.4) is 0 Å². The van der Waals surface area contributed by atoms with Crippen LogP contribution in [-0.4, -0.2) is 15.9 Å². The Hall–Kier alpha value is -3.28. The van der Waals surface area contributed by atoms with Gasteiger partial charge in [-0.25, -0.2) is 14.4 Å². The smallest absolute Gasteiger partial charge is 0.254 e. The monoisotopic (exact) mass is 336 g/mol. The summed E-state index contributed by atoms with van der Waals surface area (Å²) in [6.07, 6.45) is 2.86. The minimum atomic E-state index is -0.350. The van der Waals surface area contributed by atoms with Crippen LogP contribution in [0.1, 0.15) is 21.5 Å². The van der Waals surface area contributed by atoms with Gasteiger partial charge in [0.2, 0.25) is 5.95 Å². The van der Waals surface area contributed by atoms with Crippen LogP contribution >= 0.6 is 0 Å². The summed E-state index contributed by atoms with van der Waals surface area (Å²) in [6.45, 7) is 2.45. The molecule has 0 bridgehead atoms. The topological polar surface area (TPSA) is 66.9 Å². The Morgan fingerprint density at radius 2 is 1.80 bits per heavy atom. The maximum Gasteiger partial charge on any atom is 0.254 e. The molecule has 1 heterocycles. The highest BCUT2D eigenvalue weighted by molar-refractivity contribution is 5.93. The van der Waals surface area contributed by atoms with E-state index in [1.807, 2.05) is 31.2 Å². The van der Waals surface area contributed by atoms with Gasteiger partial charge in [-0.15, -0.1) is 0 Å². The zero-order chi connectivity index (χ0) is 17.6. The van der Waals surface area contributed by atoms with E-state index in [-0.39, 0.29) is 11.7 Å². The normalized spacial score (nSPS) is 10.3. The molecule has 3 rings (SSSR count). The molecule has 0 atom stereocenters. The number of nitrogens with zero attached hydrogens (tertiary/aromatic N) is 2. The van der Waals surface area contributed by atoms with E-state index in [9.17, 15) is 9.18 Å². The molecular formula is C19H17FN4O. The fraction of sp³-hybridized carbons (Fsp3) is 0.105. The van der Waals surface area contributed by atoms with Crippen LogP contribution in [0.2, 0.25) is 0 Å². The molecule has 25 heavy (non-hydrogen) atoms. The lowest BCUT2D eigenvalue weighted by Gasteiger charge is -2.07. The molecule has 126 valence electrons.